The van der Waals surface area contributed by atoms with E-state index in [9.17, 15) is 9.90 Å². The Morgan fingerprint density at radius 2 is 1.89 bits per heavy atom. The van der Waals surface area contributed by atoms with Gasteiger partial charge in [0.15, 0.2) is 0 Å². The van der Waals surface area contributed by atoms with Crippen molar-refractivity contribution in [1.29, 1.82) is 0 Å². The summed E-state index contributed by atoms with van der Waals surface area (Å²) in [6.07, 6.45) is 0. The number of carbonyl (C=O) groups is 1. The summed E-state index contributed by atoms with van der Waals surface area (Å²) in [4.78, 5) is 11.9. The smallest absolute Gasteiger partial charge is 0.338 e. The molecule has 0 saturated heterocycles. The Labute approximate surface area is 106 Å². The number of ether oxygens (including phenoxy) is 1. The Hall–Kier alpha value is -2.03. The van der Waals surface area contributed by atoms with Crippen LogP contribution in [0.2, 0.25) is 0 Å². The number of aromatic hydroxyl groups is 1. The third-order valence-electron chi connectivity index (χ3n) is 2.49. The Morgan fingerprint density at radius 1 is 1.17 bits per heavy atom. The second-order valence-electron chi connectivity index (χ2n) is 5.21. The third-order valence-corrected chi connectivity index (χ3v) is 2.49. The van der Waals surface area contributed by atoms with Crippen LogP contribution in [0.5, 0.6) is 5.75 Å². The molecule has 0 atom stereocenters. The van der Waals surface area contributed by atoms with Gasteiger partial charge in [-0.2, -0.15) is 0 Å². The van der Waals surface area contributed by atoms with Crippen LogP contribution in [0.3, 0.4) is 0 Å². The lowest BCUT2D eigenvalue weighted by molar-refractivity contribution is 0.00697. The molecule has 2 rings (SSSR count). The number of hydrogen-bond donors (Lipinski definition) is 1. The van der Waals surface area contributed by atoms with Crippen LogP contribution >= 0.6 is 0 Å². The maximum absolute atomic E-state index is 11.9. The van der Waals surface area contributed by atoms with E-state index in [0.29, 0.717) is 5.56 Å². The normalized spacial score (nSPS) is 11.5. The second kappa shape index (κ2) is 4.33. The van der Waals surface area contributed by atoms with Crippen molar-refractivity contribution in [3.05, 3.63) is 42.0 Å². The van der Waals surface area contributed by atoms with E-state index >= 15 is 0 Å². The van der Waals surface area contributed by atoms with Gasteiger partial charge in [0, 0.05) is 5.39 Å². The molecule has 94 valence electrons. The molecule has 0 aliphatic heterocycles. The van der Waals surface area contributed by atoms with Crippen molar-refractivity contribution < 1.29 is 14.6 Å². The van der Waals surface area contributed by atoms with Crippen LogP contribution in [-0.2, 0) is 4.74 Å². The highest BCUT2D eigenvalue weighted by Gasteiger charge is 2.18. The fourth-order valence-corrected chi connectivity index (χ4v) is 1.73. The zero-order valence-electron chi connectivity index (χ0n) is 10.7. The highest BCUT2D eigenvalue weighted by atomic mass is 16.6. The lowest BCUT2D eigenvalue weighted by Crippen LogP contribution is -2.23. The van der Waals surface area contributed by atoms with E-state index < -0.39 is 5.60 Å². The van der Waals surface area contributed by atoms with Crippen LogP contribution in [0.4, 0.5) is 0 Å². The van der Waals surface area contributed by atoms with Crippen molar-refractivity contribution in [1.82, 2.24) is 0 Å². The number of phenolic OH excluding ortho intramolecular Hbond substituents is 1. The topological polar surface area (TPSA) is 46.5 Å². The molecule has 1 N–H and O–H groups in total. The minimum Gasteiger partial charge on any atom is -0.507 e. The van der Waals surface area contributed by atoms with Crippen LogP contribution in [0.1, 0.15) is 31.1 Å². The predicted octanol–water partition coefficient (Wildman–Crippen LogP) is 3.50. The van der Waals surface area contributed by atoms with Crippen molar-refractivity contribution in [2.45, 2.75) is 26.4 Å². The molecule has 0 bridgehead atoms. The second-order valence-corrected chi connectivity index (χ2v) is 5.21. The molecule has 0 spiro atoms. The van der Waals surface area contributed by atoms with Crippen molar-refractivity contribution in [2.24, 2.45) is 0 Å². The highest BCUT2D eigenvalue weighted by Crippen LogP contribution is 2.25. The van der Waals surface area contributed by atoms with Crippen LogP contribution in [0.15, 0.2) is 36.4 Å². The number of hydrogen-bond acceptors (Lipinski definition) is 3. The fraction of sp³-hybridized carbons (Fsp3) is 0.267. The SMILES string of the molecule is CC(C)(C)OC(=O)c1ccc2c(O)cccc2c1. The predicted molar refractivity (Wildman–Crippen MR) is 70.8 cm³/mol. The maximum atomic E-state index is 11.9. The van der Waals surface area contributed by atoms with Gasteiger partial charge < -0.3 is 9.84 Å². The van der Waals surface area contributed by atoms with Crippen molar-refractivity contribution >= 4 is 16.7 Å². The largest absolute Gasteiger partial charge is 0.507 e. The van der Waals surface area contributed by atoms with Gasteiger partial charge in [-0.05, 0) is 50.4 Å². The fourth-order valence-electron chi connectivity index (χ4n) is 1.73. The lowest BCUT2D eigenvalue weighted by Gasteiger charge is -2.19. The third kappa shape index (κ3) is 2.62. The molecule has 3 heteroatoms. The highest BCUT2D eigenvalue weighted by molar-refractivity contribution is 5.97. The number of benzene rings is 2. The van der Waals surface area contributed by atoms with Crippen LogP contribution < -0.4 is 0 Å². The average Bonchev–Trinajstić information content (AvgIpc) is 2.26. The molecule has 0 heterocycles. The molecule has 3 nitrogen and oxygen atoms in total. The minimum absolute atomic E-state index is 0.211. The van der Waals surface area contributed by atoms with E-state index in [-0.39, 0.29) is 11.7 Å². The standard InChI is InChI=1S/C15H16O3/c1-15(2,3)18-14(17)11-7-8-12-10(9-11)5-4-6-13(12)16/h4-9,16H,1-3H3. The summed E-state index contributed by atoms with van der Waals surface area (Å²) in [6, 6.07) is 10.3. The van der Waals surface area contributed by atoms with E-state index in [1.54, 1.807) is 30.3 Å². The summed E-state index contributed by atoms with van der Waals surface area (Å²) in [5, 5.41) is 11.2. The molecule has 0 radical (unpaired) electrons. The number of phenols is 1. The van der Waals surface area contributed by atoms with E-state index in [4.69, 9.17) is 4.74 Å². The number of rotatable bonds is 1. The molecule has 0 unspecified atom stereocenters. The van der Waals surface area contributed by atoms with Crippen LogP contribution in [0, 0.1) is 0 Å². The maximum Gasteiger partial charge on any atom is 0.338 e. The van der Waals surface area contributed by atoms with Gasteiger partial charge in [0.25, 0.3) is 0 Å². The van der Waals surface area contributed by atoms with Gasteiger partial charge in [-0.15, -0.1) is 0 Å². The Balaban J connectivity index is 2.39. The van der Waals surface area contributed by atoms with Gasteiger partial charge >= 0.3 is 5.97 Å². The van der Waals surface area contributed by atoms with Crippen molar-refractivity contribution in [2.75, 3.05) is 0 Å². The van der Waals surface area contributed by atoms with Crippen LogP contribution in [-0.4, -0.2) is 16.7 Å². The molecule has 18 heavy (non-hydrogen) atoms. The first-order valence-corrected chi connectivity index (χ1v) is 5.82. The molecular formula is C15H16O3. The summed E-state index contributed by atoms with van der Waals surface area (Å²) in [5.41, 5.74) is -0.0201. The molecule has 0 fully saturated rings. The van der Waals surface area contributed by atoms with E-state index in [1.807, 2.05) is 26.8 Å². The summed E-state index contributed by atoms with van der Waals surface area (Å²) in [5.74, 6) is -0.143. The Kier molecular flexibility index (Phi) is 2.99. The molecule has 2 aromatic rings. The molecule has 0 aliphatic rings. The summed E-state index contributed by atoms with van der Waals surface area (Å²) in [7, 11) is 0. The first-order valence-electron chi connectivity index (χ1n) is 5.82. The van der Waals surface area contributed by atoms with Gasteiger partial charge in [-0.1, -0.05) is 12.1 Å². The molecular weight excluding hydrogens is 228 g/mol. The zero-order chi connectivity index (χ0) is 13.3. The summed E-state index contributed by atoms with van der Waals surface area (Å²) in [6.45, 7) is 5.49. The van der Waals surface area contributed by atoms with E-state index in [2.05, 4.69) is 0 Å². The van der Waals surface area contributed by atoms with E-state index in [0.717, 1.165) is 10.8 Å². The first kappa shape index (κ1) is 12.4. The molecule has 0 aromatic heterocycles. The number of esters is 1. The Morgan fingerprint density at radius 3 is 2.56 bits per heavy atom. The Bertz CT molecular complexity index is 594. The van der Waals surface area contributed by atoms with Crippen molar-refractivity contribution in [3.63, 3.8) is 0 Å². The van der Waals surface area contributed by atoms with Gasteiger partial charge in [0.2, 0.25) is 0 Å². The minimum atomic E-state index is -0.509. The first-order chi connectivity index (χ1) is 8.37. The van der Waals surface area contributed by atoms with Gasteiger partial charge in [-0.25, -0.2) is 4.79 Å². The van der Waals surface area contributed by atoms with Gasteiger partial charge in [0.05, 0.1) is 5.56 Å². The van der Waals surface area contributed by atoms with Crippen LogP contribution in [0.25, 0.3) is 10.8 Å². The quantitative estimate of drug-likeness (QED) is 0.781. The molecule has 0 amide bonds. The van der Waals surface area contributed by atoms with Crippen molar-refractivity contribution in [3.8, 4) is 5.75 Å². The summed E-state index contributed by atoms with van der Waals surface area (Å²) >= 11 is 0. The summed E-state index contributed by atoms with van der Waals surface area (Å²) < 4.78 is 5.30. The van der Waals surface area contributed by atoms with Gasteiger partial charge in [-0.3, -0.25) is 0 Å². The monoisotopic (exact) mass is 244 g/mol. The van der Waals surface area contributed by atoms with Gasteiger partial charge in [0.1, 0.15) is 11.4 Å². The number of fused-ring (bicyclic) bond motifs is 1. The number of carbonyl (C=O) groups excluding carboxylic acids is 1. The lowest BCUT2D eigenvalue weighted by atomic mass is 10.1. The molecule has 2 aromatic carbocycles. The average molecular weight is 244 g/mol. The molecule has 0 saturated carbocycles. The zero-order valence-corrected chi connectivity index (χ0v) is 10.7. The molecule has 0 aliphatic carbocycles. The van der Waals surface area contributed by atoms with E-state index in [1.165, 1.54) is 0 Å².